The van der Waals surface area contributed by atoms with E-state index in [-0.39, 0.29) is 34.9 Å². The van der Waals surface area contributed by atoms with E-state index in [4.69, 9.17) is 0 Å². The number of aromatic nitrogens is 4. The Morgan fingerprint density at radius 1 is 1.34 bits per heavy atom. The van der Waals surface area contributed by atoms with Crippen LogP contribution in [0.4, 0.5) is 5.69 Å². The van der Waals surface area contributed by atoms with Crippen LogP contribution < -0.4 is 5.56 Å². The lowest BCUT2D eigenvalue weighted by Crippen LogP contribution is -2.29. The maximum Gasteiger partial charge on any atom is 0.271 e. The lowest BCUT2D eigenvalue weighted by atomic mass is 10.0. The maximum atomic E-state index is 12.8. The molecule has 1 fully saturated rings. The normalized spacial score (nSPS) is 17.6. The summed E-state index contributed by atoms with van der Waals surface area (Å²) in [6.07, 6.45) is 4.67. The highest BCUT2D eigenvalue weighted by Gasteiger charge is 2.33. The summed E-state index contributed by atoms with van der Waals surface area (Å²) in [4.78, 5) is 21.0. The van der Waals surface area contributed by atoms with Gasteiger partial charge >= 0.3 is 0 Å². The van der Waals surface area contributed by atoms with Crippen LogP contribution in [-0.2, 0) is 16.4 Å². The highest BCUT2D eigenvalue weighted by molar-refractivity contribution is 7.91. The van der Waals surface area contributed by atoms with Crippen LogP contribution in [0.2, 0.25) is 0 Å². The van der Waals surface area contributed by atoms with Crippen molar-refractivity contribution < 1.29 is 13.5 Å². The summed E-state index contributed by atoms with van der Waals surface area (Å²) in [6, 6.07) is 8.50. The Morgan fingerprint density at radius 2 is 2.09 bits per heavy atom. The zero-order valence-electron chi connectivity index (χ0n) is 17.2. The molecule has 3 aromatic rings. The van der Waals surface area contributed by atoms with Crippen LogP contribution in [0.1, 0.15) is 34.7 Å². The minimum Gasteiger partial charge on any atom is -0.494 e. The van der Waals surface area contributed by atoms with Gasteiger partial charge in [-0.05, 0) is 36.6 Å². The van der Waals surface area contributed by atoms with E-state index in [0.29, 0.717) is 17.8 Å². The van der Waals surface area contributed by atoms with Gasteiger partial charge in [-0.1, -0.05) is 12.1 Å². The van der Waals surface area contributed by atoms with Crippen molar-refractivity contribution in [3.05, 3.63) is 69.5 Å². The Hall–Kier alpha value is -3.78. The Labute approximate surface area is 184 Å². The summed E-state index contributed by atoms with van der Waals surface area (Å²) in [7, 11) is -3.30. The van der Waals surface area contributed by atoms with Crippen molar-refractivity contribution in [1.82, 2.24) is 19.3 Å². The fraction of sp³-hybridized carbons (Fsp3) is 0.286. The van der Waals surface area contributed by atoms with E-state index in [1.165, 1.54) is 12.5 Å². The van der Waals surface area contributed by atoms with Gasteiger partial charge in [0.15, 0.2) is 9.84 Å². The number of rotatable bonds is 5. The van der Waals surface area contributed by atoms with Gasteiger partial charge in [0.1, 0.15) is 24.3 Å². The van der Waals surface area contributed by atoms with Crippen LogP contribution in [0, 0.1) is 18.3 Å². The summed E-state index contributed by atoms with van der Waals surface area (Å²) in [6.45, 7) is 2.11. The van der Waals surface area contributed by atoms with Crippen molar-refractivity contribution in [1.29, 1.82) is 5.26 Å². The summed E-state index contributed by atoms with van der Waals surface area (Å²) >= 11 is 0. The van der Waals surface area contributed by atoms with Crippen LogP contribution >= 0.6 is 0 Å². The van der Waals surface area contributed by atoms with Gasteiger partial charge in [-0.25, -0.2) is 18.1 Å². The number of sulfone groups is 1. The average Bonchev–Trinajstić information content (AvgIpc) is 3.38. The van der Waals surface area contributed by atoms with E-state index in [1.807, 2.05) is 18.2 Å². The van der Waals surface area contributed by atoms with Gasteiger partial charge in [0.05, 0.1) is 35.3 Å². The van der Waals surface area contributed by atoms with Crippen molar-refractivity contribution in [3.63, 3.8) is 0 Å². The molecule has 1 saturated heterocycles. The highest BCUT2D eigenvalue weighted by Crippen LogP contribution is 2.29. The predicted molar refractivity (Wildman–Crippen MR) is 117 cm³/mol. The Bertz CT molecular complexity index is 1380. The number of hydrogen-bond acceptors (Lipinski definition) is 8. The minimum atomic E-state index is -3.30. The molecule has 10 nitrogen and oxygen atoms in total. The van der Waals surface area contributed by atoms with Crippen LogP contribution in [-0.4, -0.2) is 50.6 Å². The molecule has 1 N–H and O–H groups in total. The second-order valence-corrected chi connectivity index (χ2v) is 9.83. The molecule has 1 aliphatic heterocycles. The third-order valence-electron chi connectivity index (χ3n) is 5.46. The van der Waals surface area contributed by atoms with E-state index >= 15 is 0 Å². The Morgan fingerprint density at radius 3 is 2.69 bits per heavy atom. The van der Waals surface area contributed by atoms with E-state index < -0.39 is 21.4 Å². The second kappa shape index (κ2) is 8.39. The summed E-state index contributed by atoms with van der Waals surface area (Å²) in [5.74, 6) is -0.706. The fourth-order valence-electron chi connectivity index (χ4n) is 3.74. The summed E-state index contributed by atoms with van der Waals surface area (Å²) in [5, 5.41) is 24.4. The monoisotopic (exact) mass is 452 g/mol. The van der Waals surface area contributed by atoms with Crippen LogP contribution in [0.25, 0.3) is 0 Å². The van der Waals surface area contributed by atoms with E-state index in [9.17, 15) is 23.6 Å². The largest absolute Gasteiger partial charge is 0.494 e. The molecule has 0 amide bonds. The summed E-state index contributed by atoms with van der Waals surface area (Å²) in [5.41, 5.74) is 1.26. The smallest absolute Gasteiger partial charge is 0.271 e. The van der Waals surface area contributed by atoms with Gasteiger partial charge in [-0.2, -0.15) is 10.4 Å². The topological polar surface area (TPSA) is 143 Å². The van der Waals surface area contributed by atoms with Gasteiger partial charge in [0, 0.05) is 6.21 Å². The molecule has 3 heterocycles. The van der Waals surface area contributed by atoms with Crippen LogP contribution in [0.5, 0.6) is 5.88 Å². The fourth-order valence-corrected chi connectivity index (χ4v) is 5.44. The quantitative estimate of drug-likeness (QED) is 0.578. The lowest BCUT2D eigenvalue weighted by Gasteiger charge is -2.18. The molecule has 0 aliphatic carbocycles. The molecule has 0 spiro atoms. The van der Waals surface area contributed by atoms with Gasteiger partial charge in [0.2, 0.25) is 5.88 Å². The van der Waals surface area contributed by atoms with Crippen molar-refractivity contribution in [2.24, 2.45) is 4.99 Å². The van der Waals surface area contributed by atoms with Crippen molar-refractivity contribution in [2.45, 2.75) is 25.9 Å². The zero-order chi connectivity index (χ0) is 22.9. The molecule has 0 bridgehead atoms. The third-order valence-corrected chi connectivity index (χ3v) is 7.21. The number of pyridine rings is 1. The standard InChI is InChI=1S/C21H20N6O4S/c1-14-18(8-22)20(28)27(17-6-7-32(30,31)11-17)21(29)19(14)9-24-16-4-2-15(3-5-16)10-26-13-23-12-25-26/h2-5,9,12-13,17,29H,6-7,10-11H2,1H3/t17-/m0/s1. The first-order valence-corrected chi connectivity index (χ1v) is 11.6. The molecule has 0 radical (unpaired) electrons. The molecule has 1 aromatic carbocycles. The van der Waals surface area contributed by atoms with Gasteiger partial charge in [-0.3, -0.25) is 14.4 Å². The highest BCUT2D eigenvalue weighted by atomic mass is 32.2. The molecular formula is C21H20N6O4S. The molecule has 0 unspecified atom stereocenters. The molecule has 0 saturated carbocycles. The second-order valence-electron chi connectivity index (χ2n) is 7.60. The number of hydrogen-bond donors (Lipinski definition) is 1. The van der Waals surface area contributed by atoms with E-state index in [2.05, 4.69) is 15.1 Å². The Balaban J connectivity index is 1.67. The molecule has 2 aromatic heterocycles. The van der Waals surface area contributed by atoms with Crippen molar-refractivity contribution >= 4 is 21.7 Å². The molecule has 32 heavy (non-hydrogen) atoms. The number of benzene rings is 1. The lowest BCUT2D eigenvalue weighted by molar-refractivity contribution is 0.379. The van der Waals surface area contributed by atoms with Gasteiger partial charge in [0.25, 0.3) is 5.56 Å². The van der Waals surface area contributed by atoms with Gasteiger partial charge < -0.3 is 5.11 Å². The first-order valence-electron chi connectivity index (χ1n) is 9.83. The summed E-state index contributed by atoms with van der Waals surface area (Å²) < 4.78 is 26.5. The molecule has 164 valence electrons. The molecule has 4 rings (SSSR count). The average molecular weight is 452 g/mol. The van der Waals surface area contributed by atoms with Crippen molar-refractivity contribution in [3.8, 4) is 11.9 Å². The van der Waals surface area contributed by atoms with Crippen LogP contribution in [0.3, 0.4) is 0 Å². The van der Waals surface area contributed by atoms with Crippen LogP contribution in [0.15, 0.2) is 46.7 Å². The zero-order valence-corrected chi connectivity index (χ0v) is 18.0. The first kappa shape index (κ1) is 21.5. The molecule has 1 aliphatic rings. The minimum absolute atomic E-state index is 0.0658. The number of aliphatic imine (C=N–C) groups is 1. The first-order chi connectivity index (χ1) is 15.3. The SMILES string of the molecule is Cc1c(C=Nc2ccc(Cn3cncn3)cc2)c(O)n([C@H]2CCS(=O)(=O)C2)c(=O)c1C#N. The van der Waals surface area contributed by atoms with Crippen molar-refractivity contribution in [2.75, 3.05) is 11.5 Å². The molecular weight excluding hydrogens is 432 g/mol. The predicted octanol–water partition coefficient (Wildman–Crippen LogP) is 1.48. The van der Waals surface area contributed by atoms with E-state index in [0.717, 1.165) is 10.1 Å². The van der Waals surface area contributed by atoms with Gasteiger partial charge in [-0.15, -0.1) is 0 Å². The number of nitriles is 1. The van der Waals surface area contributed by atoms with E-state index in [1.54, 1.807) is 30.1 Å². The third kappa shape index (κ3) is 4.17. The number of nitrogens with zero attached hydrogens (tertiary/aromatic N) is 6. The molecule has 1 atom stereocenters. The molecule has 11 heteroatoms. The maximum absolute atomic E-state index is 12.8. The Kier molecular flexibility index (Phi) is 5.63. The number of aromatic hydroxyl groups is 1.